The van der Waals surface area contributed by atoms with E-state index in [4.69, 9.17) is 21.1 Å². The van der Waals surface area contributed by atoms with E-state index in [1.54, 1.807) is 48.5 Å². The van der Waals surface area contributed by atoms with Crippen molar-refractivity contribution < 1.29 is 24.1 Å². The van der Waals surface area contributed by atoms with Crippen LogP contribution in [0.2, 0.25) is 5.02 Å². The molecule has 168 valence electrons. The van der Waals surface area contributed by atoms with Crippen molar-refractivity contribution in [3.8, 4) is 11.5 Å². The lowest BCUT2D eigenvalue weighted by atomic mass is 10.1. The number of hydrogen-bond donors (Lipinski definition) is 0. The Balaban J connectivity index is 1.77. The van der Waals surface area contributed by atoms with E-state index >= 15 is 0 Å². The topological polar surface area (TPSA) is 122 Å². The van der Waals surface area contributed by atoms with Crippen LogP contribution < -0.4 is 9.47 Å². The molecule has 0 aliphatic carbocycles. The van der Waals surface area contributed by atoms with E-state index in [-0.39, 0.29) is 29.1 Å². The van der Waals surface area contributed by atoms with Crippen LogP contribution in [0.25, 0.3) is 12.2 Å². The molecule has 0 amide bonds. The zero-order chi connectivity index (χ0) is 24.0. The van der Waals surface area contributed by atoms with Gasteiger partial charge < -0.3 is 9.47 Å². The maximum Gasteiger partial charge on any atom is 0.315 e. The molecule has 10 heteroatoms. The molecule has 0 aliphatic heterocycles. The smallest absolute Gasteiger partial charge is 0.315 e. The molecule has 0 fully saturated rings. The van der Waals surface area contributed by atoms with Crippen LogP contribution in [0.4, 0.5) is 11.4 Å². The van der Waals surface area contributed by atoms with Gasteiger partial charge in [0.25, 0.3) is 11.4 Å². The molecule has 0 bridgehead atoms. The molecule has 0 atom stereocenters. The lowest BCUT2D eigenvalue weighted by molar-refractivity contribution is -0.394. The molecule has 3 rings (SSSR count). The van der Waals surface area contributed by atoms with Crippen molar-refractivity contribution in [1.29, 1.82) is 0 Å². The highest BCUT2D eigenvalue weighted by atomic mass is 35.5. The predicted octanol–water partition coefficient (Wildman–Crippen LogP) is 5.48. The number of nitro benzene ring substituents is 2. The zero-order valence-corrected chi connectivity index (χ0v) is 18.0. The summed E-state index contributed by atoms with van der Waals surface area (Å²) in [5, 5.41) is 22.7. The number of nitrogens with zero attached hydrogens (tertiary/aromatic N) is 2. The molecule has 0 unspecified atom stereocenters. The van der Waals surface area contributed by atoms with E-state index in [2.05, 4.69) is 0 Å². The number of ether oxygens (including phenoxy) is 2. The normalized spacial score (nSPS) is 10.7. The van der Waals surface area contributed by atoms with Gasteiger partial charge in [0.2, 0.25) is 0 Å². The lowest BCUT2D eigenvalue weighted by Gasteiger charge is -2.10. The lowest BCUT2D eigenvalue weighted by Crippen LogP contribution is -2.11. The van der Waals surface area contributed by atoms with Crippen molar-refractivity contribution in [3.05, 3.63) is 103 Å². The van der Waals surface area contributed by atoms with Gasteiger partial charge in [-0.2, -0.15) is 0 Å². The number of benzene rings is 3. The van der Waals surface area contributed by atoms with Gasteiger partial charge in [0.15, 0.2) is 11.5 Å². The van der Waals surface area contributed by atoms with Gasteiger partial charge in [-0.05, 0) is 47.5 Å². The Morgan fingerprint density at radius 1 is 0.939 bits per heavy atom. The van der Waals surface area contributed by atoms with Gasteiger partial charge in [-0.3, -0.25) is 25.0 Å². The monoisotopic (exact) mass is 468 g/mol. The van der Waals surface area contributed by atoms with Crippen LogP contribution in [0, 0.1) is 20.2 Å². The Morgan fingerprint density at radius 2 is 1.67 bits per heavy atom. The molecule has 3 aromatic rings. The summed E-state index contributed by atoms with van der Waals surface area (Å²) in [6.45, 7) is 0. The molecule has 0 saturated heterocycles. The van der Waals surface area contributed by atoms with E-state index < -0.39 is 15.8 Å². The molecule has 0 radical (unpaired) electrons. The molecule has 0 spiro atoms. The van der Waals surface area contributed by atoms with E-state index in [9.17, 15) is 25.0 Å². The number of rotatable bonds is 8. The summed E-state index contributed by atoms with van der Waals surface area (Å²) in [5.41, 5.74) is 0.790. The number of carbonyl (C=O) groups is 1. The molecule has 9 nitrogen and oxygen atoms in total. The first-order chi connectivity index (χ1) is 15.8. The fourth-order valence-corrected chi connectivity index (χ4v) is 3.06. The van der Waals surface area contributed by atoms with Crippen molar-refractivity contribution in [2.75, 3.05) is 7.11 Å². The highest BCUT2D eigenvalue weighted by molar-refractivity contribution is 6.30. The molecule has 0 saturated carbocycles. The maximum absolute atomic E-state index is 12.3. The van der Waals surface area contributed by atoms with Crippen molar-refractivity contribution in [3.63, 3.8) is 0 Å². The first kappa shape index (κ1) is 23.4. The average Bonchev–Trinajstić information content (AvgIpc) is 2.79. The first-order valence-electron chi connectivity index (χ1n) is 9.51. The second-order valence-electron chi connectivity index (χ2n) is 6.78. The van der Waals surface area contributed by atoms with Gasteiger partial charge >= 0.3 is 5.97 Å². The van der Waals surface area contributed by atoms with Crippen molar-refractivity contribution in [2.45, 2.75) is 6.42 Å². The van der Waals surface area contributed by atoms with Crippen molar-refractivity contribution >= 4 is 41.1 Å². The summed E-state index contributed by atoms with van der Waals surface area (Å²) in [7, 11) is 1.42. The molecule has 3 aromatic carbocycles. The fourth-order valence-electron chi connectivity index (χ4n) is 2.93. The van der Waals surface area contributed by atoms with Crippen molar-refractivity contribution in [2.24, 2.45) is 0 Å². The number of nitro groups is 2. The Morgan fingerprint density at radius 3 is 2.30 bits per heavy atom. The minimum absolute atomic E-state index is 0.0474. The summed E-state index contributed by atoms with van der Waals surface area (Å²) in [5.74, 6) is 0.0233. The zero-order valence-electron chi connectivity index (χ0n) is 17.3. The van der Waals surface area contributed by atoms with Crippen LogP contribution in [0.1, 0.15) is 16.7 Å². The van der Waals surface area contributed by atoms with E-state index in [1.165, 1.54) is 25.3 Å². The van der Waals surface area contributed by atoms with Crippen LogP contribution in [0.3, 0.4) is 0 Å². The van der Waals surface area contributed by atoms with E-state index in [0.29, 0.717) is 16.3 Å². The Kier molecular flexibility index (Phi) is 7.37. The largest absolute Gasteiger partial charge is 0.493 e. The van der Waals surface area contributed by atoms with E-state index in [0.717, 1.165) is 11.6 Å². The second-order valence-corrected chi connectivity index (χ2v) is 7.21. The number of esters is 1. The number of non-ortho nitro benzene ring substituents is 1. The molecule has 0 aliphatic rings. The van der Waals surface area contributed by atoms with E-state index in [1.807, 2.05) is 0 Å². The first-order valence-corrected chi connectivity index (χ1v) is 9.88. The number of hydrogen-bond acceptors (Lipinski definition) is 7. The predicted molar refractivity (Wildman–Crippen MR) is 122 cm³/mol. The number of methoxy groups -OCH3 is 1. The van der Waals surface area contributed by atoms with Gasteiger partial charge in [0.05, 0.1) is 35.0 Å². The SMILES string of the molecule is COc1cc(/C=C/c2ccc([N+](=O)[O-])cc2[N+](=O)[O-])ccc1OC(=O)Cc1ccc(Cl)cc1. The molecule has 0 N–H and O–H groups in total. The molecular weight excluding hydrogens is 452 g/mol. The van der Waals surface area contributed by atoms with Gasteiger partial charge in [0.1, 0.15) is 0 Å². The summed E-state index contributed by atoms with van der Waals surface area (Å²) in [6.07, 6.45) is 3.09. The van der Waals surface area contributed by atoms with Crippen LogP contribution >= 0.6 is 11.6 Å². The third-order valence-corrected chi connectivity index (χ3v) is 4.80. The average molecular weight is 469 g/mol. The van der Waals surface area contributed by atoms with Crippen LogP contribution in [-0.2, 0) is 11.2 Å². The second kappa shape index (κ2) is 10.4. The molecular formula is C23H17ClN2O7. The highest BCUT2D eigenvalue weighted by Crippen LogP contribution is 2.30. The summed E-state index contributed by atoms with van der Waals surface area (Å²) >= 11 is 5.84. The quantitative estimate of drug-likeness (QED) is 0.141. The summed E-state index contributed by atoms with van der Waals surface area (Å²) in [6, 6.07) is 15.0. The Labute approximate surface area is 193 Å². The third-order valence-electron chi connectivity index (χ3n) is 4.55. The standard InChI is InChI=1S/C23H17ClN2O7/c1-32-22-12-15(2-6-17-7-10-19(25(28)29)14-20(17)26(30)31)5-11-21(22)33-23(27)13-16-3-8-18(24)9-4-16/h2-12,14H,13H2,1H3/b6-2+. The number of halogens is 1. The summed E-state index contributed by atoms with van der Waals surface area (Å²) in [4.78, 5) is 33.0. The minimum Gasteiger partial charge on any atom is -0.493 e. The fraction of sp³-hybridized carbons (Fsp3) is 0.0870. The third kappa shape index (κ3) is 6.14. The van der Waals surface area contributed by atoms with Crippen LogP contribution in [0.15, 0.2) is 60.7 Å². The minimum atomic E-state index is -0.696. The Bertz CT molecular complexity index is 1240. The van der Waals surface area contributed by atoms with Gasteiger partial charge in [-0.25, -0.2) is 0 Å². The van der Waals surface area contributed by atoms with Crippen LogP contribution in [-0.4, -0.2) is 22.9 Å². The summed E-state index contributed by atoms with van der Waals surface area (Å²) < 4.78 is 10.7. The maximum atomic E-state index is 12.3. The Hall–Kier alpha value is -4.24. The van der Waals surface area contributed by atoms with Crippen molar-refractivity contribution in [1.82, 2.24) is 0 Å². The molecule has 33 heavy (non-hydrogen) atoms. The highest BCUT2D eigenvalue weighted by Gasteiger charge is 2.18. The number of carbonyl (C=O) groups excluding carboxylic acids is 1. The molecule has 0 heterocycles. The van der Waals surface area contributed by atoms with Gasteiger partial charge in [-0.1, -0.05) is 35.9 Å². The van der Waals surface area contributed by atoms with Crippen LogP contribution in [0.5, 0.6) is 11.5 Å². The van der Waals surface area contributed by atoms with Gasteiger partial charge in [0, 0.05) is 11.1 Å². The molecule has 0 aromatic heterocycles. The van der Waals surface area contributed by atoms with Gasteiger partial charge in [-0.15, -0.1) is 0 Å².